The van der Waals surface area contributed by atoms with Gasteiger partial charge in [-0.3, -0.25) is 4.90 Å². The number of morpholine rings is 1. The molecule has 1 fully saturated rings. The third kappa shape index (κ3) is 2.37. The molecule has 0 spiro atoms. The van der Waals surface area contributed by atoms with Gasteiger partial charge in [0.2, 0.25) is 0 Å². The molecule has 0 aliphatic carbocycles. The van der Waals surface area contributed by atoms with Gasteiger partial charge in [-0.2, -0.15) is 0 Å². The third-order valence-electron chi connectivity index (χ3n) is 3.83. The van der Waals surface area contributed by atoms with Crippen LogP contribution in [0.3, 0.4) is 0 Å². The molecular weight excluding hydrogens is 212 g/mol. The van der Waals surface area contributed by atoms with Crippen molar-refractivity contribution in [2.75, 3.05) is 32.8 Å². The van der Waals surface area contributed by atoms with Gasteiger partial charge in [0.15, 0.2) is 0 Å². The monoisotopic (exact) mass is 234 g/mol. The summed E-state index contributed by atoms with van der Waals surface area (Å²) in [5.41, 5.74) is 8.63. The molecule has 1 aromatic rings. The first-order chi connectivity index (χ1) is 8.18. The van der Waals surface area contributed by atoms with E-state index in [2.05, 4.69) is 43.0 Å². The van der Waals surface area contributed by atoms with Gasteiger partial charge in [-0.1, -0.05) is 24.3 Å². The second-order valence-electron chi connectivity index (χ2n) is 4.89. The first kappa shape index (κ1) is 12.6. The Kier molecular flexibility index (Phi) is 3.82. The van der Waals surface area contributed by atoms with Gasteiger partial charge in [-0.05, 0) is 25.0 Å². The number of nitrogens with zero attached hydrogens (tertiary/aromatic N) is 1. The van der Waals surface area contributed by atoms with Crippen molar-refractivity contribution in [1.82, 2.24) is 4.90 Å². The molecule has 0 saturated carbocycles. The summed E-state index contributed by atoms with van der Waals surface area (Å²) in [4.78, 5) is 2.44. The molecule has 0 aromatic heterocycles. The largest absolute Gasteiger partial charge is 0.379 e. The van der Waals surface area contributed by atoms with Crippen LogP contribution in [-0.4, -0.2) is 37.7 Å². The van der Waals surface area contributed by atoms with E-state index >= 15 is 0 Å². The average molecular weight is 234 g/mol. The quantitative estimate of drug-likeness (QED) is 0.861. The lowest BCUT2D eigenvalue weighted by molar-refractivity contribution is -0.0154. The van der Waals surface area contributed by atoms with Crippen molar-refractivity contribution in [3.8, 4) is 0 Å². The van der Waals surface area contributed by atoms with Crippen LogP contribution in [0.5, 0.6) is 0 Å². The summed E-state index contributed by atoms with van der Waals surface area (Å²) in [5.74, 6) is 0. The van der Waals surface area contributed by atoms with E-state index in [0.29, 0.717) is 6.54 Å². The summed E-state index contributed by atoms with van der Waals surface area (Å²) in [5, 5.41) is 0. The highest BCUT2D eigenvalue weighted by molar-refractivity contribution is 5.32. The van der Waals surface area contributed by atoms with Crippen LogP contribution < -0.4 is 5.73 Å². The maximum absolute atomic E-state index is 6.06. The second kappa shape index (κ2) is 5.17. The number of hydrogen-bond acceptors (Lipinski definition) is 3. The van der Waals surface area contributed by atoms with Crippen molar-refractivity contribution < 1.29 is 4.74 Å². The molecular formula is C14H22N2O. The van der Waals surface area contributed by atoms with E-state index in [1.54, 1.807) is 0 Å². The van der Waals surface area contributed by atoms with Crippen molar-refractivity contribution in [3.05, 3.63) is 35.4 Å². The van der Waals surface area contributed by atoms with E-state index in [-0.39, 0.29) is 5.54 Å². The molecule has 2 N–H and O–H groups in total. The molecule has 3 nitrogen and oxygen atoms in total. The Bertz CT molecular complexity index is 374. The van der Waals surface area contributed by atoms with Crippen LogP contribution in [0.2, 0.25) is 0 Å². The lowest BCUT2D eigenvalue weighted by atomic mass is 9.86. The normalized spacial score (nSPS) is 21.1. The van der Waals surface area contributed by atoms with Crippen molar-refractivity contribution in [3.63, 3.8) is 0 Å². The van der Waals surface area contributed by atoms with Gasteiger partial charge in [-0.25, -0.2) is 0 Å². The van der Waals surface area contributed by atoms with Crippen molar-refractivity contribution >= 4 is 0 Å². The fourth-order valence-electron chi connectivity index (χ4n) is 2.64. The number of ether oxygens (including phenoxy) is 1. The van der Waals surface area contributed by atoms with Crippen LogP contribution in [0.25, 0.3) is 0 Å². The van der Waals surface area contributed by atoms with Crippen molar-refractivity contribution in [2.24, 2.45) is 5.73 Å². The Labute approximate surface area is 104 Å². The van der Waals surface area contributed by atoms with Gasteiger partial charge in [0.1, 0.15) is 0 Å². The van der Waals surface area contributed by atoms with Gasteiger partial charge < -0.3 is 10.5 Å². The minimum absolute atomic E-state index is 0.0743. The van der Waals surface area contributed by atoms with Gasteiger partial charge in [0.05, 0.1) is 18.8 Å². The molecule has 0 unspecified atom stereocenters. The maximum Gasteiger partial charge on any atom is 0.0594 e. The smallest absolute Gasteiger partial charge is 0.0594 e. The Morgan fingerprint density at radius 3 is 2.53 bits per heavy atom. The molecule has 1 aliphatic heterocycles. The minimum atomic E-state index is -0.0743. The van der Waals surface area contributed by atoms with E-state index in [0.717, 1.165) is 26.3 Å². The average Bonchev–Trinajstić information content (AvgIpc) is 2.39. The summed E-state index contributed by atoms with van der Waals surface area (Å²) >= 11 is 0. The molecule has 0 radical (unpaired) electrons. The number of nitrogens with two attached hydrogens (primary N) is 1. The van der Waals surface area contributed by atoms with Gasteiger partial charge >= 0.3 is 0 Å². The predicted octanol–water partition coefficient (Wildman–Crippen LogP) is 1.50. The fraction of sp³-hybridized carbons (Fsp3) is 0.571. The van der Waals surface area contributed by atoms with Crippen molar-refractivity contribution in [1.29, 1.82) is 0 Å². The number of hydrogen-bond donors (Lipinski definition) is 1. The first-order valence-corrected chi connectivity index (χ1v) is 6.27. The van der Waals surface area contributed by atoms with E-state index in [9.17, 15) is 0 Å². The number of aryl methyl sites for hydroxylation is 1. The zero-order valence-corrected chi connectivity index (χ0v) is 10.8. The molecule has 1 atom stereocenters. The highest BCUT2D eigenvalue weighted by Crippen LogP contribution is 2.30. The molecule has 17 heavy (non-hydrogen) atoms. The zero-order valence-electron chi connectivity index (χ0n) is 10.8. The Morgan fingerprint density at radius 2 is 1.94 bits per heavy atom. The molecule has 3 heteroatoms. The van der Waals surface area contributed by atoms with Gasteiger partial charge in [0, 0.05) is 19.6 Å². The Hall–Kier alpha value is -0.900. The van der Waals surface area contributed by atoms with Crippen LogP contribution >= 0.6 is 0 Å². The topological polar surface area (TPSA) is 38.5 Å². The summed E-state index contributed by atoms with van der Waals surface area (Å²) in [6, 6.07) is 8.52. The molecule has 94 valence electrons. The van der Waals surface area contributed by atoms with Crippen molar-refractivity contribution in [2.45, 2.75) is 19.4 Å². The second-order valence-corrected chi connectivity index (χ2v) is 4.89. The molecule has 0 amide bonds. The standard InChI is InChI=1S/C14H22N2O/c1-12-5-3-4-6-13(12)14(2,11-15)16-7-9-17-10-8-16/h3-6H,7-11,15H2,1-2H3/t14-/m1/s1. The number of rotatable bonds is 3. The summed E-state index contributed by atoms with van der Waals surface area (Å²) in [6.45, 7) is 8.56. The molecule has 1 heterocycles. The third-order valence-corrected chi connectivity index (χ3v) is 3.83. The van der Waals surface area contributed by atoms with Crippen LogP contribution in [-0.2, 0) is 10.3 Å². The van der Waals surface area contributed by atoms with Crippen LogP contribution in [0.4, 0.5) is 0 Å². The number of benzene rings is 1. The van der Waals surface area contributed by atoms with Gasteiger partial charge in [-0.15, -0.1) is 0 Å². The minimum Gasteiger partial charge on any atom is -0.379 e. The van der Waals surface area contributed by atoms with E-state index < -0.39 is 0 Å². The summed E-state index contributed by atoms with van der Waals surface area (Å²) in [7, 11) is 0. The zero-order chi connectivity index (χ0) is 12.3. The lowest BCUT2D eigenvalue weighted by Crippen LogP contribution is -2.53. The molecule has 2 rings (SSSR count). The van der Waals surface area contributed by atoms with E-state index in [1.165, 1.54) is 11.1 Å². The van der Waals surface area contributed by atoms with E-state index in [1.807, 2.05) is 0 Å². The Balaban J connectivity index is 2.32. The van der Waals surface area contributed by atoms with E-state index in [4.69, 9.17) is 10.5 Å². The molecule has 1 saturated heterocycles. The SMILES string of the molecule is Cc1ccccc1[C@@](C)(CN)N1CCOCC1. The summed E-state index contributed by atoms with van der Waals surface area (Å²) < 4.78 is 5.42. The predicted molar refractivity (Wildman–Crippen MR) is 70.0 cm³/mol. The molecule has 1 aromatic carbocycles. The highest BCUT2D eigenvalue weighted by atomic mass is 16.5. The van der Waals surface area contributed by atoms with Crippen LogP contribution in [0.15, 0.2) is 24.3 Å². The highest BCUT2D eigenvalue weighted by Gasteiger charge is 2.34. The van der Waals surface area contributed by atoms with Gasteiger partial charge in [0.25, 0.3) is 0 Å². The lowest BCUT2D eigenvalue weighted by Gasteiger charge is -2.43. The maximum atomic E-state index is 6.06. The first-order valence-electron chi connectivity index (χ1n) is 6.27. The molecule has 1 aliphatic rings. The van der Waals surface area contributed by atoms with Crippen LogP contribution in [0.1, 0.15) is 18.1 Å². The van der Waals surface area contributed by atoms with Crippen LogP contribution in [0, 0.1) is 6.92 Å². The fourth-order valence-corrected chi connectivity index (χ4v) is 2.64. The Morgan fingerprint density at radius 1 is 1.29 bits per heavy atom. The molecule has 0 bridgehead atoms. The summed E-state index contributed by atoms with van der Waals surface area (Å²) in [6.07, 6.45) is 0.